The van der Waals surface area contributed by atoms with Gasteiger partial charge in [-0.1, -0.05) is 43.2 Å². The van der Waals surface area contributed by atoms with E-state index in [4.69, 9.17) is 4.74 Å². The van der Waals surface area contributed by atoms with Crippen molar-refractivity contribution in [2.75, 3.05) is 18.2 Å². The van der Waals surface area contributed by atoms with Gasteiger partial charge in [-0.2, -0.15) is 0 Å². The van der Waals surface area contributed by atoms with Crippen LogP contribution in [0, 0.1) is 13.8 Å². The van der Waals surface area contributed by atoms with Crippen molar-refractivity contribution >= 4 is 29.3 Å². The minimum Gasteiger partial charge on any atom is -0.497 e. The molecular weight excluding hydrogens is 474 g/mol. The van der Waals surface area contributed by atoms with Gasteiger partial charge in [0, 0.05) is 17.3 Å². The van der Waals surface area contributed by atoms with Crippen molar-refractivity contribution in [3.63, 3.8) is 0 Å². The lowest BCUT2D eigenvalue weighted by molar-refractivity contribution is -0.113. The van der Waals surface area contributed by atoms with Gasteiger partial charge in [-0.05, 0) is 68.1 Å². The lowest BCUT2D eigenvalue weighted by Crippen LogP contribution is -2.26. The van der Waals surface area contributed by atoms with Crippen LogP contribution in [0.3, 0.4) is 0 Å². The number of aromatic nitrogens is 3. The SMILES string of the molecule is COc1ccc(C(=O)NCc2nnc(SCC(=O)Nc3cc(C)ccc3C)n2C2CCCCC2)cc1. The highest BCUT2D eigenvalue weighted by atomic mass is 32.2. The Hall–Kier alpha value is -3.33. The molecule has 0 spiro atoms. The molecule has 1 aliphatic carbocycles. The molecule has 2 aromatic carbocycles. The number of carbonyl (C=O) groups excluding carboxylic acids is 2. The normalized spacial score (nSPS) is 13.9. The van der Waals surface area contributed by atoms with E-state index in [2.05, 4.69) is 25.4 Å². The average molecular weight is 508 g/mol. The largest absolute Gasteiger partial charge is 0.497 e. The molecular formula is C27H33N5O3S. The first kappa shape index (κ1) is 25.8. The molecule has 1 aliphatic rings. The molecule has 2 amide bonds. The summed E-state index contributed by atoms with van der Waals surface area (Å²) < 4.78 is 7.29. The first-order chi connectivity index (χ1) is 17.4. The molecule has 9 heteroatoms. The maximum atomic E-state index is 12.7. The van der Waals surface area contributed by atoms with Crippen molar-refractivity contribution < 1.29 is 14.3 Å². The number of aryl methyl sites for hydroxylation is 2. The Morgan fingerprint density at radius 3 is 2.53 bits per heavy atom. The van der Waals surface area contributed by atoms with Gasteiger partial charge in [0.15, 0.2) is 11.0 Å². The third-order valence-electron chi connectivity index (χ3n) is 6.43. The van der Waals surface area contributed by atoms with E-state index >= 15 is 0 Å². The number of rotatable bonds is 9. The van der Waals surface area contributed by atoms with Crippen LogP contribution in [0.5, 0.6) is 5.75 Å². The van der Waals surface area contributed by atoms with Crippen LogP contribution in [0.1, 0.15) is 65.5 Å². The fourth-order valence-electron chi connectivity index (χ4n) is 4.42. The molecule has 0 saturated heterocycles. The van der Waals surface area contributed by atoms with E-state index in [1.54, 1.807) is 31.4 Å². The molecule has 1 heterocycles. The summed E-state index contributed by atoms with van der Waals surface area (Å²) in [6, 6.07) is 13.3. The molecule has 4 rings (SSSR count). The van der Waals surface area contributed by atoms with Crippen molar-refractivity contribution in [3.8, 4) is 5.75 Å². The quantitative estimate of drug-likeness (QED) is 0.393. The Labute approximate surface area is 216 Å². The molecule has 0 radical (unpaired) electrons. The number of hydrogen-bond acceptors (Lipinski definition) is 6. The van der Waals surface area contributed by atoms with Crippen LogP contribution in [0.25, 0.3) is 0 Å². The minimum atomic E-state index is -0.182. The average Bonchev–Trinajstić information content (AvgIpc) is 3.31. The van der Waals surface area contributed by atoms with Crippen molar-refractivity contribution in [1.29, 1.82) is 0 Å². The van der Waals surface area contributed by atoms with Crippen LogP contribution < -0.4 is 15.4 Å². The van der Waals surface area contributed by atoms with Crippen molar-refractivity contribution in [1.82, 2.24) is 20.1 Å². The van der Waals surface area contributed by atoms with Gasteiger partial charge in [-0.15, -0.1) is 10.2 Å². The van der Waals surface area contributed by atoms with Crippen molar-refractivity contribution in [2.45, 2.75) is 63.7 Å². The van der Waals surface area contributed by atoms with Crippen molar-refractivity contribution in [2.24, 2.45) is 0 Å². The molecule has 36 heavy (non-hydrogen) atoms. The predicted octanol–water partition coefficient (Wildman–Crippen LogP) is 5.07. The molecule has 8 nitrogen and oxygen atoms in total. The highest BCUT2D eigenvalue weighted by Gasteiger charge is 2.24. The second-order valence-corrected chi connectivity index (χ2v) is 10.1. The monoisotopic (exact) mass is 507 g/mol. The van der Waals surface area contributed by atoms with Gasteiger partial charge in [0.2, 0.25) is 5.91 Å². The summed E-state index contributed by atoms with van der Waals surface area (Å²) in [5.74, 6) is 1.38. The zero-order chi connectivity index (χ0) is 25.5. The number of thioether (sulfide) groups is 1. The number of nitrogens with one attached hydrogen (secondary N) is 2. The summed E-state index contributed by atoms with van der Waals surface area (Å²) in [6.45, 7) is 4.25. The lowest BCUT2D eigenvalue weighted by Gasteiger charge is -2.25. The van der Waals surface area contributed by atoms with Crippen molar-refractivity contribution in [3.05, 3.63) is 65.0 Å². The van der Waals surface area contributed by atoms with E-state index in [1.807, 2.05) is 32.0 Å². The van der Waals surface area contributed by atoms with Gasteiger partial charge >= 0.3 is 0 Å². The number of anilines is 1. The number of ether oxygens (including phenoxy) is 1. The standard InChI is InChI=1S/C27H33N5O3S/c1-18-9-10-19(2)23(15-18)29-25(33)17-36-27-31-30-24(32(27)21-7-5-4-6-8-21)16-28-26(34)20-11-13-22(35-3)14-12-20/h9-15,21H,4-8,16-17H2,1-3H3,(H,28,34)(H,29,33). The van der Waals surface area contributed by atoms with E-state index in [-0.39, 0.29) is 30.2 Å². The van der Waals surface area contributed by atoms with E-state index < -0.39 is 0 Å². The Bertz CT molecular complexity index is 1200. The highest BCUT2D eigenvalue weighted by molar-refractivity contribution is 7.99. The van der Waals surface area contributed by atoms with Crippen LogP contribution in [-0.2, 0) is 11.3 Å². The van der Waals surface area contributed by atoms with Crippen LogP contribution in [0.15, 0.2) is 47.6 Å². The lowest BCUT2D eigenvalue weighted by atomic mass is 9.95. The van der Waals surface area contributed by atoms with Crippen LogP contribution >= 0.6 is 11.8 Å². The summed E-state index contributed by atoms with van der Waals surface area (Å²) in [6.07, 6.45) is 5.61. The first-order valence-corrected chi connectivity index (χ1v) is 13.3. The van der Waals surface area contributed by atoms with E-state index in [9.17, 15) is 9.59 Å². The number of nitrogens with zero attached hydrogens (tertiary/aromatic N) is 3. The summed E-state index contributed by atoms with van der Waals surface area (Å²) in [5, 5.41) is 15.5. The van der Waals surface area contributed by atoms with Gasteiger partial charge in [-0.25, -0.2) is 0 Å². The second-order valence-electron chi connectivity index (χ2n) is 9.13. The number of hydrogen-bond donors (Lipinski definition) is 2. The first-order valence-electron chi connectivity index (χ1n) is 12.3. The van der Waals surface area contributed by atoms with Crippen LogP contribution in [0.2, 0.25) is 0 Å². The molecule has 0 atom stereocenters. The zero-order valence-corrected chi connectivity index (χ0v) is 21.9. The molecule has 190 valence electrons. The number of methoxy groups -OCH3 is 1. The van der Waals surface area contributed by atoms with E-state index in [0.717, 1.165) is 42.5 Å². The number of carbonyl (C=O) groups is 2. The molecule has 1 saturated carbocycles. The zero-order valence-electron chi connectivity index (χ0n) is 21.0. The maximum absolute atomic E-state index is 12.7. The number of benzene rings is 2. The van der Waals surface area contributed by atoms with Gasteiger partial charge in [0.1, 0.15) is 5.75 Å². The van der Waals surface area contributed by atoms with E-state index in [1.165, 1.54) is 18.2 Å². The molecule has 1 fully saturated rings. The van der Waals surface area contributed by atoms with Gasteiger partial charge in [0.05, 0.1) is 19.4 Å². The molecule has 0 bridgehead atoms. The van der Waals surface area contributed by atoms with E-state index in [0.29, 0.717) is 22.3 Å². The minimum absolute atomic E-state index is 0.0822. The summed E-state index contributed by atoms with van der Waals surface area (Å²) in [7, 11) is 1.59. The Kier molecular flexibility index (Phi) is 8.64. The molecule has 1 aromatic heterocycles. The maximum Gasteiger partial charge on any atom is 0.251 e. The van der Waals surface area contributed by atoms with Gasteiger partial charge in [-0.3, -0.25) is 9.59 Å². The second kappa shape index (κ2) is 12.1. The summed E-state index contributed by atoms with van der Waals surface area (Å²) in [4.78, 5) is 25.4. The third kappa shape index (κ3) is 6.46. The fraction of sp³-hybridized carbons (Fsp3) is 0.407. The summed E-state index contributed by atoms with van der Waals surface area (Å²) in [5.41, 5.74) is 3.51. The van der Waals surface area contributed by atoms with Gasteiger partial charge < -0.3 is 19.9 Å². The topological polar surface area (TPSA) is 98.1 Å². The summed E-state index contributed by atoms with van der Waals surface area (Å²) >= 11 is 1.38. The van der Waals surface area contributed by atoms with Gasteiger partial charge in [0.25, 0.3) is 5.91 Å². The molecule has 0 unspecified atom stereocenters. The Balaban J connectivity index is 1.44. The highest BCUT2D eigenvalue weighted by Crippen LogP contribution is 2.32. The smallest absolute Gasteiger partial charge is 0.251 e. The molecule has 2 N–H and O–H groups in total. The molecule has 0 aliphatic heterocycles. The Morgan fingerprint density at radius 2 is 1.81 bits per heavy atom. The Morgan fingerprint density at radius 1 is 1.06 bits per heavy atom. The van der Waals surface area contributed by atoms with Crippen LogP contribution in [-0.4, -0.2) is 39.4 Å². The predicted molar refractivity (Wildman–Crippen MR) is 142 cm³/mol. The third-order valence-corrected chi connectivity index (χ3v) is 7.38. The fourth-order valence-corrected chi connectivity index (χ4v) is 5.25. The molecule has 3 aromatic rings. The van der Waals surface area contributed by atoms with Crippen LogP contribution in [0.4, 0.5) is 5.69 Å². The number of amides is 2.